The minimum atomic E-state index is -2.73. The molecule has 0 spiro atoms. The van der Waals surface area contributed by atoms with Gasteiger partial charge in [-0.1, -0.05) is 24.4 Å². The van der Waals surface area contributed by atoms with Crippen LogP contribution in [0.2, 0.25) is 0 Å². The number of hydrogen-bond donors (Lipinski definition) is 3. The first-order valence-corrected chi connectivity index (χ1v) is 10.0. The minimum Gasteiger partial charge on any atom is -0.330 e. The number of rotatable bonds is 5. The Labute approximate surface area is 148 Å². The monoisotopic (exact) mass is 365 g/mol. The number of amides is 1. The normalized spacial score (nSPS) is 23.4. The zero-order chi connectivity index (χ0) is 17.7. The van der Waals surface area contributed by atoms with Crippen LogP contribution in [0.3, 0.4) is 0 Å². The molecule has 24 heavy (non-hydrogen) atoms. The molecule has 0 radical (unpaired) electrons. The summed E-state index contributed by atoms with van der Waals surface area (Å²) in [5.41, 5.74) is 7.40. The molecule has 5 nitrogen and oxygen atoms in total. The van der Waals surface area contributed by atoms with Crippen molar-refractivity contribution in [3.63, 3.8) is 0 Å². The van der Waals surface area contributed by atoms with Gasteiger partial charge in [-0.25, -0.2) is 4.21 Å². The van der Waals surface area contributed by atoms with Gasteiger partial charge in [-0.05, 0) is 61.4 Å². The fourth-order valence-corrected chi connectivity index (χ4v) is 3.65. The molecular weight excluding hydrogens is 342 g/mol. The van der Waals surface area contributed by atoms with Gasteiger partial charge in [-0.15, -0.1) is 0 Å². The van der Waals surface area contributed by atoms with Gasteiger partial charge in [0.05, 0.1) is 14.7 Å². The van der Waals surface area contributed by atoms with Gasteiger partial charge >= 0.3 is 0 Å². The Morgan fingerprint density at radius 2 is 2.00 bits per heavy atom. The molecule has 7 heteroatoms. The van der Waals surface area contributed by atoms with Gasteiger partial charge in [0, 0.05) is 16.9 Å². The van der Waals surface area contributed by atoms with E-state index >= 15 is 0 Å². The van der Waals surface area contributed by atoms with Crippen LogP contribution >= 0.6 is 12.2 Å². The third kappa shape index (κ3) is 4.98. The third-order valence-corrected chi connectivity index (χ3v) is 5.57. The SMILES string of the molecule is C=S(N)(=O)c1ccc(/C2=C/C(=O)NC(=S)C(CCCN)CC2)cc1. The molecule has 0 saturated carbocycles. The molecule has 0 fully saturated rings. The summed E-state index contributed by atoms with van der Waals surface area (Å²) < 4.78 is 11.8. The Kier molecular flexibility index (Phi) is 6.28. The van der Waals surface area contributed by atoms with Crippen molar-refractivity contribution in [1.29, 1.82) is 0 Å². The highest BCUT2D eigenvalue weighted by Crippen LogP contribution is 2.27. The van der Waals surface area contributed by atoms with E-state index in [4.69, 9.17) is 23.1 Å². The van der Waals surface area contributed by atoms with Gasteiger partial charge < -0.3 is 11.1 Å². The summed E-state index contributed by atoms with van der Waals surface area (Å²) in [7, 11) is -2.73. The summed E-state index contributed by atoms with van der Waals surface area (Å²) in [6.07, 6.45) is 4.92. The van der Waals surface area contributed by atoms with E-state index in [0.717, 1.165) is 36.8 Å². The Hall–Kier alpha value is -1.54. The molecular formula is C17H23N3O2S2. The summed E-state index contributed by atoms with van der Waals surface area (Å²) in [5, 5.41) is 8.32. The summed E-state index contributed by atoms with van der Waals surface area (Å²) in [4.78, 5) is 13.2. The first kappa shape index (κ1) is 18.8. The zero-order valence-corrected chi connectivity index (χ0v) is 15.1. The number of allylic oxidation sites excluding steroid dienone is 1. The second kappa shape index (κ2) is 8.02. The quantitative estimate of drug-likeness (QED) is 0.691. The van der Waals surface area contributed by atoms with Crippen LogP contribution in [-0.2, 0) is 14.5 Å². The second-order valence-electron chi connectivity index (χ2n) is 5.94. The zero-order valence-electron chi connectivity index (χ0n) is 13.5. The van der Waals surface area contributed by atoms with E-state index in [9.17, 15) is 9.00 Å². The largest absolute Gasteiger partial charge is 0.330 e. The van der Waals surface area contributed by atoms with E-state index in [1.807, 2.05) is 12.1 Å². The van der Waals surface area contributed by atoms with Crippen LogP contribution in [0, 0.1) is 5.92 Å². The lowest BCUT2D eigenvalue weighted by Gasteiger charge is -2.22. The first-order valence-electron chi connectivity index (χ1n) is 7.82. The number of nitrogens with two attached hydrogens (primary N) is 2. The fraction of sp³-hybridized carbons (Fsp3) is 0.353. The molecule has 0 saturated heterocycles. The van der Waals surface area contributed by atoms with E-state index in [1.54, 1.807) is 18.2 Å². The third-order valence-electron chi connectivity index (χ3n) is 4.07. The number of nitrogens with one attached hydrogen (secondary N) is 1. The van der Waals surface area contributed by atoms with Crippen molar-refractivity contribution in [2.24, 2.45) is 16.8 Å². The number of carbonyl (C=O) groups excluding carboxylic acids is 1. The molecule has 0 aromatic heterocycles. The molecule has 1 aliphatic rings. The van der Waals surface area contributed by atoms with Gasteiger partial charge in [-0.2, -0.15) is 0 Å². The smallest absolute Gasteiger partial charge is 0.249 e. The summed E-state index contributed by atoms with van der Waals surface area (Å²) in [5.74, 6) is 3.41. The van der Waals surface area contributed by atoms with Gasteiger partial charge in [0.25, 0.3) is 0 Å². The molecule has 2 atom stereocenters. The van der Waals surface area contributed by atoms with Crippen molar-refractivity contribution in [2.45, 2.75) is 30.6 Å². The molecule has 5 N–H and O–H groups in total. The molecule has 2 unspecified atom stereocenters. The maximum Gasteiger partial charge on any atom is 0.249 e. The van der Waals surface area contributed by atoms with Crippen LogP contribution in [0.25, 0.3) is 5.57 Å². The maximum atomic E-state index is 12.1. The van der Waals surface area contributed by atoms with Crippen molar-refractivity contribution >= 4 is 44.3 Å². The fourth-order valence-electron chi connectivity index (χ4n) is 2.72. The van der Waals surface area contributed by atoms with Gasteiger partial charge in [0.15, 0.2) is 0 Å². The first-order chi connectivity index (χ1) is 11.3. The molecule has 0 aliphatic carbocycles. The Morgan fingerprint density at radius 1 is 1.33 bits per heavy atom. The lowest BCUT2D eigenvalue weighted by atomic mass is 9.90. The van der Waals surface area contributed by atoms with E-state index in [-0.39, 0.29) is 11.8 Å². The Bertz CT molecular complexity index is 753. The van der Waals surface area contributed by atoms with Crippen LogP contribution in [0.1, 0.15) is 31.2 Å². The highest BCUT2D eigenvalue weighted by Gasteiger charge is 2.20. The average Bonchev–Trinajstić information content (AvgIpc) is 2.51. The Morgan fingerprint density at radius 3 is 2.58 bits per heavy atom. The predicted octanol–water partition coefficient (Wildman–Crippen LogP) is 1.61. The molecule has 2 rings (SSSR count). The van der Waals surface area contributed by atoms with Crippen molar-refractivity contribution in [2.75, 3.05) is 6.54 Å². The topological polar surface area (TPSA) is 98.2 Å². The highest BCUT2D eigenvalue weighted by atomic mass is 32.2. The molecule has 0 bridgehead atoms. The van der Waals surface area contributed by atoms with Crippen molar-refractivity contribution in [1.82, 2.24) is 5.32 Å². The minimum absolute atomic E-state index is 0.151. The number of carbonyl (C=O) groups is 1. The van der Waals surface area contributed by atoms with Crippen molar-refractivity contribution < 1.29 is 9.00 Å². The van der Waals surface area contributed by atoms with Gasteiger partial charge in [0.1, 0.15) is 0 Å². The van der Waals surface area contributed by atoms with Crippen LogP contribution in [-0.4, -0.2) is 27.5 Å². The Balaban J connectivity index is 2.23. The molecule has 1 aromatic rings. The lowest BCUT2D eigenvalue weighted by molar-refractivity contribution is -0.115. The maximum absolute atomic E-state index is 12.1. The summed E-state index contributed by atoms with van der Waals surface area (Å²) >= 11 is 5.32. The molecule has 1 aromatic carbocycles. The number of hydrogen-bond acceptors (Lipinski definition) is 4. The summed E-state index contributed by atoms with van der Waals surface area (Å²) in [6.45, 7) is 0.612. The lowest BCUT2D eigenvalue weighted by Crippen LogP contribution is -2.34. The number of thiocarbonyl (C=S) groups is 1. The molecule has 130 valence electrons. The predicted molar refractivity (Wildman–Crippen MR) is 104 cm³/mol. The van der Waals surface area contributed by atoms with E-state index < -0.39 is 9.71 Å². The van der Waals surface area contributed by atoms with Gasteiger partial charge in [0.2, 0.25) is 5.91 Å². The van der Waals surface area contributed by atoms with Crippen molar-refractivity contribution in [3.8, 4) is 0 Å². The van der Waals surface area contributed by atoms with Crippen LogP contribution in [0.4, 0.5) is 0 Å². The molecule has 1 heterocycles. The van der Waals surface area contributed by atoms with E-state index in [1.165, 1.54) is 0 Å². The van der Waals surface area contributed by atoms with E-state index in [2.05, 4.69) is 11.2 Å². The van der Waals surface area contributed by atoms with Crippen molar-refractivity contribution in [3.05, 3.63) is 35.9 Å². The van der Waals surface area contributed by atoms with Crippen LogP contribution < -0.4 is 16.2 Å². The van der Waals surface area contributed by atoms with Gasteiger partial charge in [-0.3, -0.25) is 9.93 Å². The standard InChI is InChI=1S/C17H23N3O2S2/c1-24(19,22)15-8-6-12(7-9-15)14-5-4-13(3-2-10-18)17(23)20-16(21)11-14/h6-9,11,13H,1-5,10,18H2,(H2,19,22)(H,20,21,23)/b14-11+. The molecule has 1 amide bonds. The van der Waals surface area contributed by atoms with Crippen LogP contribution in [0.15, 0.2) is 35.2 Å². The van der Waals surface area contributed by atoms with Crippen LogP contribution in [0.5, 0.6) is 0 Å². The van der Waals surface area contributed by atoms with E-state index in [0.29, 0.717) is 16.4 Å². The molecule has 1 aliphatic heterocycles. The highest BCUT2D eigenvalue weighted by molar-refractivity contribution is 7.98. The summed E-state index contributed by atoms with van der Waals surface area (Å²) in [6, 6.07) is 7.03. The second-order valence-corrected chi connectivity index (χ2v) is 8.30. The number of benzene rings is 1. The average molecular weight is 366 g/mol.